The first-order valence-electron chi connectivity index (χ1n) is 8.93. The Hall–Kier alpha value is -2.40. The van der Waals surface area contributed by atoms with Gasteiger partial charge >= 0.3 is 18.0 Å². The lowest BCUT2D eigenvalue weighted by molar-refractivity contribution is -0.141. The number of hydrogen-bond donors (Lipinski definition) is 5. The van der Waals surface area contributed by atoms with Gasteiger partial charge in [0.1, 0.15) is 6.04 Å². The third-order valence-electron chi connectivity index (χ3n) is 4.35. The molecule has 11 nitrogen and oxygen atoms in total. The number of nitrogens with zero attached hydrogens (tertiary/aromatic N) is 3. The van der Waals surface area contributed by atoms with Gasteiger partial charge in [0.2, 0.25) is 5.89 Å². The Morgan fingerprint density at radius 2 is 1.96 bits per heavy atom. The maximum atomic E-state index is 12.2. The van der Waals surface area contributed by atoms with Gasteiger partial charge in [-0.3, -0.25) is 0 Å². The SMILES string of the molecule is CC(C)C(NC(=O)NC(C(=O)O)C(C)O)c1nnc(N2CCC[C@@H](O)C2)o1. The molecular weight excluding hydrogens is 358 g/mol. The summed E-state index contributed by atoms with van der Waals surface area (Å²) in [5.74, 6) is -1.28. The average molecular weight is 385 g/mol. The van der Waals surface area contributed by atoms with E-state index in [1.165, 1.54) is 6.92 Å². The molecular formula is C16H27N5O6. The van der Waals surface area contributed by atoms with E-state index in [4.69, 9.17) is 9.52 Å². The number of carboxylic acid groups (broad SMARTS) is 1. The van der Waals surface area contributed by atoms with Crippen molar-refractivity contribution in [3.05, 3.63) is 5.89 Å². The van der Waals surface area contributed by atoms with Crippen LogP contribution in [0.4, 0.5) is 10.8 Å². The Morgan fingerprint density at radius 3 is 2.52 bits per heavy atom. The average Bonchev–Trinajstić information content (AvgIpc) is 3.06. The number of nitrogens with one attached hydrogen (secondary N) is 2. The van der Waals surface area contributed by atoms with Crippen molar-refractivity contribution in [2.24, 2.45) is 5.92 Å². The third kappa shape index (κ3) is 5.54. The van der Waals surface area contributed by atoms with Gasteiger partial charge in [-0.1, -0.05) is 18.9 Å². The fourth-order valence-electron chi connectivity index (χ4n) is 2.83. The third-order valence-corrected chi connectivity index (χ3v) is 4.35. The lowest BCUT2D eigenvalue weighted by atomic mass is 10.0. The van der Waals surface area contributed by atoms with Crippen molar-refractivity contribution in [3.8, 4) is 0 Å². The van der Waals surface area contributed by atoms with Crippen LogP contribution >= 0.6 is 0 Å². The zero-order valence-electron chi connectivity index (χ0n) is 15.6. The van der Waals surface area contributed by atoms with Gasteiger partial charge < -0.3 is 35.3 Å². The van der Waals surface area contributed by atoms with E-state index in [-0.39, 0.29) is 17.8 Å². The fraction of sp³-hybridized carbons (Fsp3) is 0.750. The van der Waals surface area contributed by atoms with Crippen LogP contribution in [0.3, 0.4) is 0 Å². The van der Waals surface area contributed by atoms with Crippen LogP contribution in [0.2, 0.25) is 0 Å². The van der Waals surface area contributed by atoms with Crippen LogP contribution < -0.4 is 15.5 Å². The Kier molecular flexibility index (Phi) is 6.97. The number of carbonyl (C=O) groups is 2. The number of aromatic nitrogens is 2. The molecule has 0 spiro atoms. The summed E-state index contributed by atoms with van der Waals surface area (Å²) < 4.78 is 5.68. The Bertz CT molecular complexity index is 649. The highest BCUT2D eigenvalue weighted by molar-refractivity contribution is 5.83. The standard InChI is InChI=1S/C16H27N5O6/c1-8(2)11(17-15(26)18-12(9(3)22)14(24)25)13-19-20-16(27-13)21-6-4-5-10(23)7-21/h8-12,22-23H,4-7H2,1-3H3,(H,24,25)(H2,17,18,26)/t9?,10-,11?,12?/m1/s1. The smallest absolute Gasteiger partial charge is 0.328 e. The summed E-state index contributed by atoms with van der Waals surface area (Å²) in [7, 11) is 0. The predicted molar refractivity (Wildman–Crippen MR) is 94.1 cm³/mol. The molecule has 4 atom stereocenters. The molecule has 11 heteroatoms. The number of carbonyl (C=O) groups excluding carboxylic acids is 1. The number of aliphatic carboxylic acids is 1. The largest absolute Gasteiger partial charge is 0.480 e. The van der Waals surface area contributed by atoms with Crippen molar-refractivity contribution in [3.63, 3.8) is 0 Å². The highest BCUT2D eigenvalue weighted by atomic mass is 16.4. The van der Waals surface area contributed by atoms with E-state index in [0.717, 1.165) is 12.8 Å². The number of aliphatic hydroxyl groups is 2. The summed E-state index contributed by atoms with van der Waals surface area (Å²) in [5.41, 5.74) is 0. The number of carboxylic acids is 1. The molecule has 0 aromatic carbocycles. The van der Waals surface area contributed by atoms with Crippen LogP contribution in [0.15, 0.2) is 4.42 Å². The molecule has 2 amide bonds. The van der Waals surface area contributed by atoms with Gasteiger partial charge in [0.25, 0.3) is 0 Å². The van der Waals surface area contributed by atoms with Gasteiger partial charge in [0.05, 0.1) is 12.2 Å². The first-order valence-corrected chi connectivity index (χ1v) is 8.93. The lowest BCUT2D eigenvalue weighted by Gasteiger charge is -2.28. The molecule has 3 unspecified atom stereocenters. The number of rotatable bonds is 7. The molecule has 1 saturated heterocycles. The summed E-state index contributed by atoms with van der Waals surface area (Å²) in [5, 5.41) is 41.1. The summed E-state index contributed by atoms with van der Waals surface area (Å²) in [6.07, 6.45) is -0.177. The highest BCUT2D eigenvalue weighted by Crippen LogP contribution is 2.25. The van der Waals surface area contributed by atoms with Crippen molar-refractivity contribution >= 4 is 18.0 Å². The Balaban J connectivity index is 2.07. The second kappa shape index (κ2) is 9.00. The molecule has 0 aliphatic carbocycles. The first-order chi connectivity index (χ1) is 12.7. The predicted octanol–water partition coefficient (Wildman–Crippen LogP) is -0.139. The van der Waals surface area contributed by atoms with Crippen LogP contribution in [-0.4, -0.2) is 68.9 Å². The van der Waals surface area contributed by atoms with E-state index in [2.05, 4.69) is 20.8 Å². The normalized spacial score (nSPS) is 20.8. The van der Waals surface area contributed by atoms with E-state index >= 15 is 0 Å². The van der Waals surface area contributed by atoms with Gasteiger partial charge in [0.15, 0.2) is 6.04 Å². The molecule has 27 heavy (non-hydrogen) atoms. The number of amides is 2. The van der Waals surface area contributed by atoms with Crippen molar-refractivity contribution in [1.82, 2.24) is 20.8 Å². The molecule has 2 rings (SSSR count). The van der Waals surface area contributed by atoms with Crippen LogP contribution in [0.1, 0.15) is 45.5 Å². The van der Waals surface area contributed by atoms with E-state index in [1.54, 1.807) is 4.90 Å². The van der Waals surface area contributed by atoms with Gasteiger partial charge in [0, 0.05) is 13.1 Å². The monoisotopic (exact) mass is 385 g/mol. The van der Waals surface area contributed by atoms with E-state index < -0.39 is 36.3 Å². The Labute approximate surface area is 156 Å². The van der Waals surface area contributed by atoms with Crippen LogP contribution in [0.5, 0.6) is 0 Å². The minimum atomic E-state index is -1.44. The molecule has 1 aromatic heterocycles. The van der Waals surface area contributed by atoms with Gasteiger partial charge in [-0.15, -0.1) is 5.10 Å². The zero-order chi connectivity index (χ0) is 20.1. The maximum absolute atomic E-state index is 12.2. The molecule has 2 heterocycles. The number of anilines is 1. The molecule has 1 fully saturated rings. The number of aliphatic hydroxyl groups excluding tert-OH is 2. The van der Waals surface area contributed by atoms with Gasteiger partial charge in [-0.05, 0) is 25.7 Å². The molecule has 0 saturated carbocycles. The van der Waals surface area contributed by atoms with Crippen molar-refractivity contribution in [2.75, 3.05) is 18.0 Å². The van der Waals surface area contributed by atoms with Gasteiger partial charge in [-0.25, -0.2) is 9.59 Å². The lowest BCUT2D eigenvalue weighted by Crippen LogP contribution is -2.52. The molecule has 1 aliphatic heterocycles. The molecule has 0 bridgehead atoms. The van der Waals surface area contributed by atoms with Crippen LogP contribution in [0.25, 0.3) is 0 Å². The summed E-state index contributed by atoms with van der Waals surface area (Å²) >= 11 is 0. The van der Waals surface area contributed by atoms with E-state index in [9.17, 15) is 19.8 Å². The van der Waals surface area contributed by atoms with Crippen molar-refractivity contribution in [1.29, 1.82) is 0 Å². The van der Waals surface area contributed by atoms with Crippen molar-refractivity contribution in [2.45, 2.75) is 57.9 Å². The van der Waals surface area contributed by atoms with E-state index in [0.29, 0.717) is 13.1 Å². The molecule has 0 radical (unpaired) electrons. The van der Waals surface area contributed by atoms with Crippen molar-refractivity contribution < 1.29 is 29.3 Å². The minimum absolute atomic E-state index is 0.120. The molecule has 1 aliphatic rings. The van der Waals surface area contributed by atoms with Gasteiger partial charge in [-0.2, -0.15) is 0 Å². The fourth-order valence-corrected chi connectivity index (χ4v) is 2.83. The topological polar surface area (TPSA) is 161 Å². The van der Waals surface area contributed by atoms with Crippen LogP contribution in [0, 0.1) is 5.92 Å². The van der Waals surface area contributed by atoms with E-state index in [1.807, 2.05) is 13.8 Å². The molecule has 5 N–H and O–H groups in total. The summed E-state index contributed by atoms with van der Waals surface area (Å²) in [6.45, 7) is 6.03. The zero-order valence-corrected chi connectivity index (χ0v) is 15.6. The second-order valence-corrected chi connectivity index (χ2v) is 7.06. The second-order valence-electron chi connectivity index (χ2n) is 7.06. The number of piperidine rings is 1. The number of urea groups is 1. The number of hydrogen-bond acceptors (Lipinski definition) is 8. The number of β-amino-alcohol motifs (C(OH)–C–C–N with tert-alkyl or cyclic N) is 1. The molecule has 152 valence electrons. The first kappa shape index (κ1) is 20.9. The minimum Gasteiger partial charge on any atom is -0.480 e. The summed E-state index contributed by atoms with van der Waals surface area (Å²) in [4.78, 5) is 25.1. The summed E-state index contributed by atoms with van der Waals surface area (Å²) in [6, 6.07) is -2.59. The molecule has 1 aromatic rings. The highest BCUT2D eigenvalue weighted by Gasteiger charge is 2.30. The van der Waals surface area contributed by atoms with Crippen LogP contribution in [-0.2, 0) is 4.79 Å². The Morgan fingerprint density at radius 1 is 1.26 bits per heavy atom. The maximum Gasteiger partial charge on any atom is 0.328 e. The quantitative estimate of drug-likeness (QED) is 0.430.